The zero-order chi connectivity index (χ0) is 15.4. The van der Waals surface area contributed by atoms with Crippen LogP contribution in [0.2, 0.25) is 5.02 Å². The second-order valence-corrected chi connectivity index (χ2v) is 5.96. The Balaban J connectivity index is 2.34. The van der Waals surface area contributed by atoms with E-state index in [4.69, 9.17) is 16.3 Å². The van der Waals surface area contributed by atoms with Gasteiger partial charge in [0.05, 0.1) is 5.02 Å². The molecule has 1 atom stereocenters. The van der Waals surface area contributed by atoms with Crippen molar-refractivity contribution in [2.45, 2.75) is 19.9 Å². The molecule has 2 aromatic rings. The van der Waals surface area contributed by atoms with Crippen molar-refractivity contribution in [3.05, 3.63) is 57.3 Å². The van der Waals surface area contributed by atoms with Crippen LogP contribution in [0.3, 0.4) is 0 Å². The van der Waals surface area contributed by atoms with Crippen molar-refractivity contribution in [1.29, 1.82) is 0 Å². The van der Waals surface area contributed by atoms with Crippen molar-refractivity contribution < 1.29 is 9.13 Å². The minimum Gasteiger partial charge on any atom is -0.455 e. The Bertz CT molecular complexity index is 636. The number of ether oxygens (including phenoxy) is 1. The van der Waals surface area contributed by atoms with E-state index in [1.807, 2.05) is 25.1 Å². The average molecular weight is 373 g/mol. The Hall–Kier alpha value is -1.10. The van der Waals surface area contributed by atoms with Crippen LogP contribution in [0, 0.1) is 5.82 Å². The van der Waals surface area contributed by atoms with Crippen molar-refractivity contribution in [2.75, 3.05) is 6.54 Å². The number of rotatable bonds is 5. The SMILES string of the molecule is CCNC(C)c1cc(Br)ccc1Oc1ccc(F)cc1Cl. The van der Waals surface area contributed by atoms with Gasteiger partial charge in [-0.2, -0.15) is 0 Å². The molecule has 0 aliphatic heterocycles. The van der Waals surface area contributed by atoms with Crippen LogP contribution in [-0.2, 0) is 0 Å². The van der Waals surface area contributed by atoms with Gasteiger partial charge >= 0.3 is 0 Å². The first kappa shape index (κ1) is 16.3. The lowest BCUT2D eigenvalue weighted by atomic mass is 10.1. The van der Waals surface area contributed by atoms with Gasteiger partial charge in [0.2, 0.25) is 0 Å². The van der Waals surface area contributed by atoms with Crippen molar-refractivity contribution in [3.63, 3.8) is 0 Å². The molecule has 0 bridgehead atoms. The van der Waals surface area contributed by atoms with Crippen molar-refractivity contribution >= 4 is 27.5 Å². The fourth-order valence-electron chi connectivity index (χ4n) is 2.04. The second kappa shape index (κ2) is 7.25. The van der Waals surface area contributed by atoms with E-state index in [9.17, 15) is 4.39 Å². The van der Waals surface area contributed by atoms with Gasteiger partial charge < -0.3 is 10.1 Å². The molecule has 2 aromatic carbocycles. The zero-order valence-corrected chi connectivity index (χ0v) is 14.1. The molecule has 2 nitrogen and oxygen atoms in total. The maximum absolute atomic E-state index is 13.1. The molecule has 2 rings (SSSR count). The smallest absolute Gasteiger partial charge is 0.146 e. The van der Waals surface area contributed by atoms with E-state index < -0.39 is 0 Å². The number of hydrogen-bond acceptors (Lipinski definition) is 2. The predicted molar refractivity (Wildman–Crippen MR) is 87.7 cm³/mol. The molecule has 0 fully saturated rings. The quantitative estimate of drug-likeness (QED) is 0.726. The van der Waals surface area contributed by atoms with Crippen LogP contribution in [0.4, 0.5) is 4.39 Å². The highest BCUT2D eigenvalue weighted by molar-refractivity contribution is 9.10. The lowest BCUT2D eigenvalue weighted by molar-refractivity contribution is 0.461. The summed E-state index contributed by atoms with van der Waals surface area (Å²) in [6, 6.07) is 9.99. The number of halogens is 3. The molecule has 0 aliphatic carbocycles. The summed E-state index contributed by atoms with van der Waals surface area (Å²) in [4.78, 5) is 0. The van der Waals surface area contributed by atoms with Crippen LogP contribution in [0.1, 0.15) is 25.5 Å². The Kier molecular flexibility index (Phi) is 5.62. The topological polar surface area (TPSA) is 21.3 Å². The number of hydrogen-bond donors (Lipinski definition) is 1. The normalized spacial score (nSPS) is 12.2. The molecule has 1 N–H and O–H groups in total. The molecule has 0 aromatic heterocycles. The Morgan fingerprint density at radius 3 is 2.62 bits per heavy atom. The van der Waals surface area contributed by atoms with Gasteiger partial charge in [0.25, 0.3) is 0 Å². The summed E-state index contributed by atoms with van der Waals surface area (Å²) < 4.78 is 19.9. The highest BCUT2D eigenvalue weighted by Gasteiger charge is 2.13. The van der Waals surface area contributed by atoms with E-state index in [0.717, 1.165) is 16.6 Å². The van der Waals surface area contributed by atoms with Gasteiger partial charge in [-0.25, -0.2) is 4.39 Å². The van der Waals surface area contributed by atoms with Gasteiger partial charge in [-0.3, -0.25) is 0 Å². The van der Waals surface area contributed by atoms with Gasteiger partial charge in [-0.05, 0) is 49.9 Å². The van der Waals surface area contributed by atoms with Crippen LogP contribution >= 0.6 is 27.5 Å². The van der Waals surface area contributed by atoms with Gasteiger partial charge in [0.15, 0.2) is 0 Å². The minimum atomic E-state index is -0.385. The Labute approximate surface area is 137 Å². The maximum Gasteiger partial charge on any atom is 0.146 e. The summed E-state index contributed by atoms with van der Waals surface area (Å²) in [6.07, 6.45) is 0. The van der Waals surface area contributed by atoms with Crippen LogP contribution in [0.15, 0.2) is 40.9 Å². The predicted octanol–water partition coefficient (Wildman–Crippen LogP) is 5.70. The maximum atomic E-state index is 13.1. The lowest BCUT2D eigenvalue weighted by Crippen LogP contribution is -2.18. The molecule has 0 heterocycles. The summed E-state index contributed by atoms with van der Waals surface area (Å²) in [5, 5.41) is 3.60. The molecule has 21 heavy (non-hydrogen) atoms. The van der Waals surface area contributed by atoms with Crippen LogP contribution in [0.5, 0.6) is 11.5 Å². The van der Waals surface area contributed by atoms with E-state index >= 15 is 0 Å². The number of benzene rings is 2. The average Bonchev–Trinajstić information content (AvgIpc) is 2.43. The highest BCUT2D eigenvalue weighted by atomic mass is 79.9. The first-order valence-corrected chi connectivity index (χ1v) is 7.84. The van der Waals surface area contributed by atoms with Crippen LogP contribution in [0.25, 0.3) is 0 Å². The zero-order valence-electron chi connectivity index (χ0n) is 11.8. The molecular formula is C16H16BrClFNO. The van der Waals surface area contributed by atoms with E-state index in [1.54, 1.807) is 0 Å². The molecule has 1 unspecified atom stereocenters. The first-order valence-electron chi connectivity index (χ1n) is 6.67. The second-order valence-electron chi connectivity index (χ2n) is 4.64. The summed E-state index contributed by atoms with van der Waals surface area (Å²) in [7, 11) is 0. The molecule has 0 aliphatic rings. The molecule has 0 saturated heterocycles. The van der Waals surface area contributed by atoms with Crippen molar-refractivity contribution in [1.82, 2.24) is 5.32 Å². The molecule has 112 valence electrons. The Morgan fingerprint density at radius 1 is 1.24 bits per heavy atom. The third-order valence-electron chi connectivity index (χ3n) is 3.06. The fourth-order valence-corrected chi connectivity index (χ4v) is 2.63. The summed E-state index contributed by atoms with van der Waals surface area (Å²) in [6.45, 7) is 4.96. The van der Waals surface area contributed by atoms with Crippen molar-refractivity contribution in [2.24, 2.45) is 0 Å². The standard InChI is InChI=1S/C16H16BrClFNO/c1-3-20-10(2)13-8-11(17)4-6-15(13)21-16-7-5-12(19)9-14(16)18/h4-10,20H,3H2,1-2H3. The van der Waals surface area contributed by atoms with Gasteiger partial charge in [-0.15, -0.1) is 0 Å². The molecule has 0 amide bonds. The van der Waals surface area contributed by atoms with E-state index in [-0.39, 0.29) is 16.9 Å². The fraction of sp³-hybridized carbons (Fsp3) is 0.250. The summed E-state index contributed by atoms with van der Waals surface area (Å²) in [5.41, 5.74) is 1.01. The first-order chi connectivity index (χ1) is 10.0. The molecule has 0 spiro atoms. The molecule has 5 heteroatoms. The molecule has 0 radical (unpaired) electrons. The lowest BCUT2D eigenvalue weighted by Gasteiger charge is -2.18. The van der Waals surface area contributed by atoms with E-state index in [1.165, 1.54) is 18.2 Å². The van der Waals surface area contributed by atoms with E-state index in [2.05, 4.69) is 28.2 Å². The van der Waals surface area contributed by atoms with Crippen LogP contribution < -0.4 is 10.1 Å². The Morgan fingerprint density at radius 2 is 1.95 bits per heavy atom. The largest absolute Gasteiger partial charge is 0.455 e. The summed E-state index contributed by atoms with van der Waals surface area (Å²) in [5.74, 6) is 0.745. The minimum absolute atomic E-state index is 0.127. The van der Waals surface area contributed by atoms with E-state index in [0.29, 0.717) is 11.5 Å². The molecular weight excluding hydrogens is 357 g/mol. The third kappa shape index (κ3) is 4.19. The summed E-state index contributed by atoms with van der Waals surface area (Å²) >= 11 is 9.48. The third-order valence-corrected chi connectivity index (χ3v) is 3.85. The monoisotopic (exact) mass is 371 g/mol. The van der Waals surface area contributed by atoms with Gasteiger partial charge in [0.1, 0.15) is 17.3 Å². The highest BCUT2D eigenvalue weighted by Crippen LogP contribution is 2.35. The molecule has 0 saturated carbocycles. The number of nitrogens with one attached hydrogen (secondary N) is 1. The van der Waals surface area contributed by atoms with Crippen molar-refractivity contribution in [3.8, 4) is 11.5 Å². The van der Waals surface area contributed by atoms with Gasteiger partial charge in [0, 0.05) is 16.1 Å². The van der Waals surface area contributed by atoms with Crippen LogP contribution in [-0.4, -0.2) is 6.54 Å². The van der Waals surface area contributed by atoms with Gasteiger partial charge in [-0.1, -0.05) is 34.5 Å².